The number of rotatable bonds is 25. The Kier molecular flexibility index (Phi) is 25.2. The van der Waals surface area contributed by atoms with E-state index in [4.69, 9.17) is 4.74 Å². The molecule has 0 rings (SSSR count). The highest BCUT2D eigenvalue weighted by atomic mass is 16.6. The van der Waals surface area contributed by atoms with Gasteiger partial charge in [-0.3, -0.25) is 4.79 Å². The minimum atomic E-state index is -0.910. The molecule has 186 valence electrons. The Hall–Kier alpha value is -0.570. The molecule has 3 nitrogen and oxygen atoms in total. The molecule has 0 spiro atoms. The highest BCUT2D eigenvalue weighted by Crippen LogP contribution is 2.15. The van der Waals surface area contributed by atoms with E-state index >= 15 is 0 Å². The highest BCUT2D eigenvalue weighted by molar-refractivity contribution is 5.65. The summed E-state index contributed by atoms with van der Waals surface area (Å²) in [6.07, 6.45) is 31.4. The summed E-state index contributed by atoms with van der Waals surface area (Å²) in [5.74, 6) is -0.401. The third-order valence-corrected chi connectivity index (χ3v) is 6.36. The Morgan fingerprint density at radius 1 is 0.548 bits per heavy atom. The molecule has 0 radical (unpaired) electrons. The summed E-state index contributed by atoms with van der Waals surface area (Å²) in [6, 6.07) is 0. The predicted molar refractivity (Wildman–Crippen MR) is 134 cm³/mol. The van der Waals surface area contributed by atoms with Crippen molar-refractivity contribution in [3.63, 3.8) is 0 Å². The number of ether oxygens (including phenoxy) is 1. The van der Waals surface area contributed by atoms with Crippen molar-refractivity contribution in [2.75, 3.05) is 0 Å². The van der Waals surface area contributed by atoms with Crippen LogP contribution in [0.5, 0.6) is 0 Å². The van der Waals surface area contributed by atoms with Crippen LogP contribution in [0.15, 0.2) is 0 Å². The SMILES string of the molecule is CCCCCCCCCCCCCCCCCCCCCCCCCC(O)OC(C)=O. The van der Waals surface area contributed by atoms with Gasteiger partial charge in [0.2, 0.25) is 6.29 Å². The first-order chi connectivity index (χ1) is 15.2. The van der Waals surface area contributed by atoms with Gasteiger partial charge in [-0.25, -0.2) is 0 Å². The van der Waals surface area contributed by atoms with Crippen LogP contribution < -0.4 is 0 Å². The van der Waals surface area contributed by atoms with Crippen LogP contribution in [-0.4, -0.2) is 17.4 Å². The fourth-order valence-electron chi connectivity index (χ4n) is 4.35. The number of carbonyl (C=O) groups is 1. The van der Waals surface area contributed by atoms with Crippen molar-refractivity contribution >= 4 is 5.97 Å². The number of aliphatic hydroxyl groups excluding tert-OH is 1. The van der Waals surface area contributed by atoms with Crippen molar-refractivity contribution in [1.29, 1.82) is 0 Å². The molecule has 1 unspecified atom stereocenters. The van der Waals surface area contributed by atoms with Crippen molar-refractivity contribution in [3.8, 4) is 0 Å². The molecule has 1 atom stereocenters. The van der Waals surface area contributed by atoms with E-state index in [1.54, 1.807) is 0 Å². The lowest BCUT2D eigenvalue weighted by Crippen LogP contribution is -2.14. The summed E-state index contributed by atoms with van der Waals surface area (Å²) in [5.41, 5.74) is 0. The van der Waals surface area contributed by atoms with Crippen LogP contribution in [0.2, 0.25) is 0 Å². The number of aliphatic hydroxyl groups is 1. The van der Waals surface area contributed by atoms with Gasteiger partial charge in [-0.05, 0) is 6.42 Å². The van der Waals surface area contributed by atoms with E-state index in [1.165, 1.54) is 142 Å². The van der Waals surface area contributed by atoms with Crippen LogP contribution in [0.25, 0.3) is 0 Å². The fraction of sp³-hybridized carbons (Fsp3) is 0.964. The van der Waals surface area contributed by atoms with E-state index < -0.39 is 12.3 Å². The normalized spacial score (nSPS) is 12.2. The van der Waals surface area contributed by atoms with E-state index in [1.807, 2.05) is 0 Å². The van der Waals surface area contributed by atoms with Gasteiger partial charge in [-0.15, -0.1) is 0 Å². The first-order valence-electron chi connectivity index (χ1n) is 14.0. The van der Waals surface area contributed by atoms with E-state index in [2.05, 4.69) is 6.92 Å². The molecule has 0 aliphatic heterocycles. The quantitative estimate of drug-likeness (QED) is 0.0873. The topological polar surface area (TPSA) is 46.5 Å². The maximum atomic E-state index is 10.7. The molecule has 0 aliphatic rings. The van der Waals surface area contributed by atoms with Crippen LogP contribution in [0.1, 0.15) is 168 Å². The number of unbranched alkanes of at least 4 members (excludes halogenated alkanes) is 22. The third-order valence-electron chi connectivity index (χ3n) is 6.36. The van der Waals surface area contributed by atoms with Crippen molar-refractivity contribution in [2.24, 2.45) is 0 Å². The zero-order chi connectivity index (χ0) is 22.8. The van der Waals surface area contributed by atoms with Crippen LogP contribution >= 0.6 is 0 Å². The van der Waals surface area contributed by atoms with Crippen molar-refractivity contribution in [3.05, 3.63) is 0 Å². The molecule has 0 heterocycles. The Labute approximate surface area is 195 Å². The minimum absolute atomic E-state index is 0.401. The molecule has 0 bridgehead atoms. The van der Waals surface area contributed by atoms with Crippen LogP contribution in [0.4, 0.5) is 0 Å². The largest absolute Gasteiger partial charge is 0.436 e. The van der Waals surface area contributed by atoms with Gasteiger partial charge in [-0.1, -0.05) is 148 Å². The summed E-state index contributed by atoms with van der Waals surface area (Å²) in [7, 11) is 0. The zero-order valence-electron chi connectivity index (χ0n) is 21.3. The first-order valence-corrected chi connectivity index (χ1v) is 14.0. The van der Waals surface area contributed by atoms with Crippen LogP contribution in [0.3, 0.4) is 0 Å². The Morgan fingerprint density at radius 3 is 1.06 bits per heavy atom. The Balaban J connectivity index is 3.06. The first kappa shape index (κ1) is 30.4. The molecule has 3 heteroatoms. The second kappa shape index (κ2) is 25.7. The molecule has 0 aliphatic carbocycles. The number of hydrogen-bond donors (Lipinski definition) is 1. The summed E-state index contributed by atoms with van der Waals surface area (Å²) >= 11 is 0. The standard InChI is InChI=1S/C28H56O3/c1-3-4-5-6-7-8-9-10-11-12-13-14-15-16-17-18-19-20-21-22-23-24-25-26-28(30)31-27(2)29/h28,30H,3-26H2,1-2H3. The molecule has 1 N–H and O–H groups in total. The molecule has 0 saturated heterocycles. The van der Waals surface area contributed by atoms with Crippen molar-refractivity contribution in [2.45, 2.75) is 174 Å². The minimum Gasteiger partial charge on any atom is -0.436 e. The molecule has 0 fully saturated rings. The third kappa shape index (κ3) is 27.4. The van der Waals surface area contributed by atoms with E-state index in [0.29, 0.717) is 6.42 Å². The van der Waals surface area contributed by atoms with Gasteiger partial charge in [-0.2, -0.15) is 0 Å². The average molecular weight is 441 g/mol. The summed E-state index contributed by atoms with van der Waals surface area (Å²) < 4.78 is 4.72. The smallest absolute Gasteiger partial charge is 0.304 e. The van der Waals surface area contributed by atoms with Gasteiger partial charge in [0.05, 0.1) is 0 Å². The van der Waals surface area contributed by atoms with Crippen LogP contribution in [0, 0.1) is 0 Å². The highest BCUT2D eigenvalue weighted by Gasteiger charge is 2.06. The lowest BCUT2D eigenvalue weighted by molar-refractivity contribution is -0.165. The van der Waals surface area contributed by atoms with E-state index in [9.17, 15) is 9.90 Å². The van der Waals surface area contributed by atoms with Gasteiger partial charge >= 0.3 is 5.97 Å². The zero-order valence-corrected chi connectivity index (χ0v) is 21.3. The Morgan fingerprint density at radius 2 is 0.806 bits per heavy atom. The van der Waals surface area contributed by atoms with E-state index in [0.717, 1.165) is 12.8 Å². The number of esters is 1. The van der Waals surface area contributed by atoms with Gasteiger partial charge in [0.15, 0.2) is 0 Å². The van der Waals surface area contributed by atoms with Crippen molar-refractivity contribution in [1.82, 2.24) is 0 Å². The lowest BCUT2D eigenvalue weighted by atomic mass is 10.0. The van der Waals surface area contributed by atoms with Gasteiger partial charge in [0.25, 0.3) is 0 Å². The van der Waals surface area contributed by atoms with Gasteiger partial charge in [0, 0.05) is 13.3 Å². The van der Waals surface area contributed by atoms with Crippen LogP contribution in [-0.2, 0) is 9.53 Å². The number of hydrogen-bond acceptors (Lipinski definition) is 3. The maximum Gasteiger partial charge on any atom is 0.304 e. The second-order valence-corrected chi connectivity index (χ2v) is 9.63. The molecule has 0 aromatic heterocycles. The average Bonchev–Trinajstić information content (AvgIpc) is 2.73. The molecular formula is C28H56O3. The van der Waals surface area contributed by atoms with Crippen molar-refractivity contribution < 1.29 is 14.6 Å². The maximum absolute atomic E-state index is 10.7. The van der Waals surface area contributed by atoms with Gasteiger partial charge < -0.3 is 9.84 Å². The van der Waals surface area contributed by atoms with E-state index in [-0.39, 0.29) is 0 Å². The molecule has 0 aromatic carbocycles. The van der Waals surface area contributed by atoms with Gasteiger partial charge in [0.1, 0.15) is 0 Å². The number of carbonyl (C=O) groups excluding carboxylic acids is 1. The second-order valence-electron chi connectivity index (χ2n) is 9.63. The molecular weight excluding hydrogens is 384 g/mol. The molecule has 0 saturated carbocycles. The summed E-state index contributed by atoms with van der Waals surface area (Å²) in [6.45, 7) is 3.63. The molecule has 0 aromatic rings. The fourth-order valence-corrected chi connectivity index (χ4v) is 4.35. The molecule has 31 heavy (non-hydrogen) atoms. The molecule has 0 amide bonds. The summed E-state index contributed by atoms with van der Waals surface area (Å²) in [4.78, 5) is 10.7. The monoisotopic (exact) mass is 440 g/mol. The predicted octanol–water partition coefficient (Wildman–Crippen LogP) is 9.25. The lowest BCUT2D eigenvalue weighted by Gasteiger charge is -2.09. The Bertz CT molecular complexity index is 356. The summed E-state index contributed by atoms with van der Waals surface area (Å²) in [5, 5.41) is 9.45.